The highest BCUT2D eigenvalue weighted by molar-refractivity contribution is 5.51. The molecule has 2 aromatic rings. The summed E-state index contributed by atoms with van der Waals surface area (Å²) in [5, 5.41) is 12.8. The fourth-order valence-electron chi connectivity index (χ4n) is 2.97. The molecule has 0 aliphatic carbocycles. The Kier molecular flexibility index (Phi) is 4.05. The molecule has 1 aliphatic rings. The first-order valence-electron chi connectivity index (χ1n) is 7.39. The second kappa shape index (κ2) is 6.14. The number of aromatic nitrogens is 2. The molecule has 0 unspecified atom stereocenters. The number of aryl methyl sites for hydroxylation is 1. The van der Waals surface area contributed by atoms with E-state index in [0.29, 0.717) is 28.9 Å². The molecule has 0 saturated carbocycles. The standard InChI is InChI=1S/C16H17FN4O/c1-11-19-16(20-22-11)8-13-3-2-6-21(10-13)15-5-4-12(9-18)7-14(15)17/h4-5,7,13H,2-3,6,8,10H2,1H3/t13-/m0/s1. The van der Waals surface area contributed by atoms with Gasteiger partial charge in [0.05, 0.1) is 17.3 Å². The molecule has 22 heavy (non-hydrogen) atoms. The van der Waals surface area contributed by atoms with Crippen molar-refractivity contribution < 1.29 is 8.91 Å². The summed E-state index contributed by atoms with van der Waals surface area (Å²) in [5.74, 6) is 1.32. The van der Waals surface area contributed by atoms with Crippen molar-refractivity contribution in [3.63, 3.8) is 0 Å². The molecule has 1 aliphatic heterocycles. The number of anilines is 1. The Morgan fingerprint density at radius 3 is 3.05 bits per heavy atom. The van der Waals surface area contributed by atoms with E-state index in [-0.39, 0.29) is 5.82 Å². The van der Waals surface area contributed by atoms with Crippen LogP contribution < -0.4 is 4.90 Å². The Bertz CT molecular complexity index is 706. The number of nitrogens with zero attached hydrogens (tertiary/aromatic N) is 4. The third kappa shape index (κ3) is 3.08. The molecule has 5 nitrogen and oxygen atoms in total. The second-order valence-corrected chi connectivity index (χ2v) is 5.67. The average Bonchev–Trinajstić information content (AvgIpc) is 2.92. The topological polar surface area (TPSA) is 66.0 Å². The first-order chi connectivity index (χ1) is 10.7. The van der Waals surface area contributed by atoms with Crippen molar-refractivity contribution >= 4 is 5.69 Å². The van der Waals surface area contributed by atoms with Crippen LogP contribution in [-0.2, 0) is 6.42 Å². The minimum atomic E-state index is -0.338. The molecule has 0 N–H and O–H groups in total. The van der Waals surface area contributed by atoms with Crippen LogP contribution in [0.5, 0.6) is 0 Å². The molecule has 1 fully saturated rings. The molecule has 0 spiro atoms. The van der Waals surface area contributed by atoms with Gasteiger partial charge in [0, 0.05) is 26.4 Å². The fourth-order valence-corrected chi connectivity index (χ4v) is 2.97. The Hall–Kier alpha value is -2.42. The Labute approximate surface area is 128 Å². The third-order valence-electron chi connectivity index (χ3n) is 3.98. The van der Waals surface area contributed by atoms with Crippen molar-refractivity contribution in [1.82, 2.24) is 10.1 Å². The highest BCUT2D eigenvalue weighted by Crippen LogP contribution is 2.27. The third-order valence-corrected chi connectivity index (χ3v) is 3.98. The molecule has 0 amide bonds. The number of piperidine rings is 1. The van der Waals surface area contributed by atoms with Crippen LogP contribution >= 0.6 is 0 Å². The summed E-state index contributed by atoms with van der Waals surface area (Å²) in [6.45, 7) is 3.36. The molecule has 0 radical (unpaired) electrons. The summed E-state index contributed by atoms with van der Waals surface area (Å²) < 4.78 is 19.1. The van der Waals surface area contributed by atoms with E-state index in [0.717, 1.165) is 32.4 Å². The normalized spacial score (nSPS) is 18.2. The van der Waals surface area contributed by atoms with E-state index in [4.69, 9.17) is 9.78 Å². The van der Waals surface area contributed by atoms with Gasteiger partial charge in [-0.2, -0.15) is 10.2 Å². The Morgan fingerprint density at radius 2 is 2.36 bits per heavy atom. The van der Waals surface area contributed by atoms with Gasteiger partial charge >= 0.3 is 0 Å². The van der Waals surface area contributed by atoms with E-state index in [9.17, 15) is 4.39 Å². The van der Waals surface area contributed by atoms with E-state index in [2.05, 4.69) is 10.1 Å². The first-order valence-corrected chi connectivity index (χ1v) is 7.39. The van der Waals surface area contributed by atoms with Gasteiger partial charge in [-0.25, -0.2) is 4.39 Å². The summed E-state index contributed by atoms with van der Waals surface area (Å²) in [7, 11) is 0. The number of rotatable bonds is 3. The van der Waals surface area contributed by atoms with Gasteiger partial charge in [0.25, 0.3) is 0 Å². The summed E-state index contributed by atoms with van der Waals surface area (Å²) in [5.41, 5.74) is 0.907. The van der Waals surface area contributed by atoms with Crippen LogP contribution in [0, 0.1) is 30.0 Å². The molecule has 0 bridgehead atoms. The molecule has 1 aromatic carbocycles. The lowest BCUT2D eigenvalue weighted by Crippen LogP contribution is -2.36. The van der Waals surface area contributed by atoms with Crippen molar-refractivity contribution in [1.29, 1.82) is 5.26 Å². The molecule has 2 heterocycles. The van der Waals surface area contributed by atoms with Gasteiger partial charge < -0.3 is 9.42 Å². The van der Waals surface area contributed by atoms with Crippen LogP contribution in [0.1, 0.15) is 30.1 Å². The fraction of sp³-hybridized carbons (Fsp3) is 0.438. The summed E-state index contributed by atoms with van der Waals surface area (Å²) in [4.78, 5) is 6.28. The van der Waals surface area contributed by atoms with E-state index in [1.807, 2.05) is 11.0 Å². The van der Waals surface area contributed by atoms with Crippen molar-refractivity contribution in [2.75, 3.05) is 18.0 Å². The van der Waals surface area contributed by atoms with Gasteiger partial charge in [-0.1, -0.05) is 5.16 Å². The molecule has 114 valence electrons. The SMILES string of the molecule is Cc1nc(C[C@@H]2CCCN(c3ccc(C#N)cc3F)C2)no1. The van der Waals surface area contributed by atoms with Crippen LogP contribution in [0.4, 0.5) is 10.1 Å². The van der Waals surface area contributed by atoms with Gasteiger partial charge in [0.2, 0.25) is 5.89 Å². The molecule has 1 aromatic heterocycles. The van der Waals surface area contributed by atoms with Gasteiger partial charge in [-0.05, 0) is 37.0 Å². The van der Waals surface area contributed by atoms with E-state index < -0.39 is 0 Å². The minimum absolute atomic E-state index is 0.338. The van der Waals surface area contributed by atoms with E-state index >= 15 is 0 Å². The van der Waals surface area contributed by atoms with Crippen LogP contribution in [0.25, 0.3) is 0 Å². The summed E-state index contributed by atoms with van der Waals surface area (Å²) >= 11 is 0. The predicted octanol–water partition coefficient (Wildman–Crippen LogP) is 2.85. The molecular weight excluding hydrogens is 283 g/mol. The quantitative estimate of drug-likeness (QED) is 0.872. The molecule has 3 rings (SSSR count). The minimum Gasteiger partial charge on any atom is -0.369 e. The smallest absolute Gasteiger partial charge is 0.223 e. The maximum absolute atomic E-state index is 14.1. The Balaban J connectivity index is 1.71. The highest BCUT2D eigenvalue weighted by Gasteiger charge is 2.23. The maximum atomic E-state index is 14.1. The van der Waals surface area contributed by atoms with E-state index in [1.165, 1.54) is 6.07 Å². The van der Waals surface area contributed by atoms with Crippen molar-refractivity contribution in [3.8, 4) is 6.07 Å². The molecule has 1 saturated heterocycles. The van der Waals surface area contributed by atoms with Crippen molar-refractivity contribution in [2.24, 2.45) is 5.92 Å². The van der Waals surface area contributed by atoms with Gasteiger partial charge in [-0.15, -0.1) is 0 Å². The summed E-state index contributed by atoms with van der Waals surface area (Å²) in [6.07, 6.45) is 2.81. The monoisotopic (exact) mass is 300 g/mol. The largest absolute Gasteiger partial charge is 0.369 e. The second-order valence-electron chi connectivity index (χ2n) is 5.67. The number of hydrogen-bond acceptors (Lipinski definition) is 5. The van der Waals surface area contributed by atoms with Gasteiger partial charge in [0.15, 0.2) is 5.82 Å². The molecule has 6 heteroatoms. The molecular formula is C16H17FN4O. The number of nitriles is 1. The average molecular weight is 300 g/mol. The van der Waals surface area contributed by atoms with Crippen LogP contribution in [0.15, 0.2) is 22.7 Å². The van der Waals surface area contributed by atoms with Crippen LogP contribution in [-0.4, -0.2) is 23.2 Å². The van der Waals surface area contributed by atoms with Gasteiger partial charge in [-0.3, -0.25) is 0 Å². The van der Waals surface area contributed by atoms with Crippen molar-refractivity contribution in [3.05, 3.63) is 41.3 Å². The predicted molar refractivity (Wildman–Crippen MR) is 78.8 cm³/mol. The zero-order valence-electron chi connectivity index (χ0n) is 12.4. The van der Waals surface area contributed by atoms with Crippen LogP contribution in [0.2, 0.25) is 0 Å². The lowest BCUT2D eigenvalue weighted by molar-refractivity contribution is 0.369. The zero-order valence-corrected chi connectivity index (χ0v) is 12.4. The van der Waals surface area contributed by atoms with Crippen LogP contribution in [0.3, 0.4) is 0 Å². The summed E-state index contributed by atoms with van der Waals surface area (Å²) in [6, 6.07) is 6.60. The zero-order chi connectivity index (χ0) is 15.5. The number of halogens is 1. The first kappa shape index (κ1) is 14.5. The highest BCUT2D eigenvalue weighted by atomic mass is 19.1. The number of benzene rings is 1. The number of hydrogen-bond donors (Lipinski definition) is 0. The van der Waals surface area contributed by atoms with E-state index in [1.54, 1.807) is 19.1 Å². The maximum Gasteiger partial charge on any atom is 0.223 e. The Morgan fingerprint density at radius 1 is 1.50 bits per heavy atom. The van der Waals surface area contributed by atoms with Gasteiger partial charge in [0.1, 0.15) is 5.82 Å². The molecule has 1 atom stereocenters. The lowest BCUT2D eigenvalue weighted by atomic mass is 9.94. The van der Waals surface area contributed by atoms with Crippen molar-refractivity contribution in [2.45, 2.75) is 26.2 Å². The lowest BCUT2D eigenvalue weighted by Gasteiger charge is -2.34.